The second-order valence-corrected chi connectivity index (χ2v) is 22.2. The molecule has 0 radical (unpaired) electrons. The number of rotatable bonds is 6. The van der Waals surface area contributed by atoms with Crippen molar-refractivity contribution in [3.63, 3.8) is 0 Å². The van der Waals surface area contributed by atoms with Crippen molar-refractivity contribution >= 4 is 35.3 Å². The maximum Gasteiger partial charge on any atom is 0.410 e. The monoisotopic (exact) mass is 1020 g/mol. The molecule has 73 heavy (non-hydrogen) atoms. The van der Waals surface area contributed by atoms with Crippen molar-refractivity contribution in [2.75, 3.05) is 61.1 Å². The molecule has 5 aliphatic heterocycles. The van der Waals surface area contributed by atoms with E-state index in [1.807, 2.05) is 58.2 Å². The molecule has 0 aromatic rings. The lowest BCUT2D eigenvalue weighted by atomic mass is 9.68. The van der Waals surface area contributed by atoms with Gasteiger partial charge in [0, 0.05) is 90.6 Å². The van der Waals surface area contributed by atoms with Crippen molar-refractivity contribution in [1.29, 1.82) is 0 Å². The van der Waals surface area contributed by atoms with Crippen LogP contribution in [0.3, 0.4) is 0 Å². The van der Waals surface area contributed by atoms with Gasteiger partial charge in [0.25, 0.3) is 11.7 Å². The molecule has 1 aliphatic carbocycles. The summed E-state index contributed by atoms with van der Waals surface area (Å²) in [6.45, 7) is 13.5. The molecule has 17 nitrogen and oxygen atoms in total. The van der Waals surface area contributed by atoms with Gasteiger partial charge in [-0.2, -0.15) is 0 Å². The zero-order chi connectivity index (χ0) is 53.3. The first-order valence-electron chi connectivity index (χ1n) is 26.8. The van der Waals surface area contributed by atoms with E-state index < -0.39 is 102 Å². The molecule has 16 atom stereocenters. The third-order valence-corrected chi connectivity index (χ3v) is 16.9. The van der Waals surface area contributed by atoms with Gasteiger partial charge < -0.3 is 53.3 Å². The largest absolute Gasteiger partial charge is 0.460 e. The molecule has 5 fully saturated rings. The normalized spacial score (nSPS) is 40.1. The van der Waals surface area contributed by atoms with Crippen LogP contribution in [0.25, 0.3) is 0 Å². The summed E-state index contributed by atoms with van der Waals surface area (Å²) in [5, 5.41) is 23.7. The van der Waals surface area contributed by atoms with Crippen molar-refractivity contribution in [1.82, 2.24) is 14.7 Å². The number of hydrogen-bond acceptors (Lipinski definition) is 15. The number of fused-ring (bicyclic) bond motifs is 3. The molecule has 0 spiro atoms. The molecule has 0 aromatic heterocycles. The average Bonchev–Trinajstić information content (AvgIpc) is 3.37. The van der Waals surface area contributed by atoms with E-state index in [9.17, 15) is 39.0 Å². The number of Topliss-reactive ketones (excluding diaryl/α,β-unsaturated/α-hetero) is 3. The van der Waals surface area contributed by atoms with Gasteiger partial charge in [0.15, 0.2) is 5.78 Å². The van der Waals surface area contributed by atoms with Crippen LogP contribution in [-0.2, 0) is 52.4 Å². The van der Waals surface area contributed by atoms with Crippen LogP contribution in [-0.4, -0.2) is 176 Å². The van der Waals surface area contributed by atoms with E-state index in [4.69, 9.17) is 28.4 Å². The number of nitrogens with zero attached hydrogens (tertiary/aromatic N) is 3. The van der Waals surface area contributed by atoms with Crippen LogP contribution in [0.15, 0.2) is 47.6 Å². The van der Waals surface area contributed by atoms with Gasteiger partial charge in [-0.3, -0.25) is 19.2 Å². The number of piperidine rings is 1. The fourth-order valence-corrected chi connectivity index (χ4v) is 12.2. The summed E-state index contributed by atoms with van der Waals surface area (Å²) in [6, 6.07) is -1.16. The Bertz CT molecular complexity index is 2080. The summed E-state index contributed by atoms with van der Waals surface area (Å²) >= 11 is 0. The van der Waals surface area contributed by atoms with Crippen molar-refractivity contribution < 1.29 is 67.4 Å². The quantitative estimate of drug-likeness (QED) is 0.183. The molecule has 4 saturated heterocycles. The minimum atomic E-state index is -2.46. The Morgan fingerprint density at radius 2 is 1.55 bits per heavy atom. The summed E-state index contributed by atoms with van der Waals surface area (Å²) in [4.78, 5) is 90.2. The fraction of sp³-hybridized carbons (Fsp3) is 0.750. The van der Waals surface area contributed by atoms with Gasteiger partial charge in [-0.15, -0.1) is 0 Å². The summed E-state index contributed by atoms with van der Waals surface area (Å²) in [7, 11) is 6.58. The minimum Gasteiger partial charge on any atom is -0.460 e. The van der Waals surface area contributed by atoms with E-state index in [0.29, 0.717) is 82.9 Å². The molecule has 17 heteroatoms. The first-order valence-corrected chi connectivity index (χ1v) is 26.8. The van der Waals surface area contributed by atoms with Crippen LogP contribution in [0.2, 0.25) is 0 Å². The number of esters is 1. The highest BCUT2D eigenvalue weighted by Crippen LogP contribution is 2.46. The number of aliphatic hydroxyl groups excluding tert-OH is 1. The highest BCUT2D eigenvalue weighted by atomic mass is 16.6. The molecule has 6 rings (SSSR count). The number of allylic oxidation sites excluding steroid dienone is 6. The lowest BCUT2D eigenvalue weighted by molar-refractivity contribution is -0.266. The second-order valence-electron chi connectivity index (χ2n) is 22.2. The van der Waals surface area contributed by atoms with E-state index >= 15 is 0 Å². The number of likely N-dealkylation sites (N-methyl/N-ethyl adjacent to an activating group) is 1. The lowest BCUT2D eigenvalue weighted by Gasteiger charge is -2.50. The average molecular weight is 1020 g/mol. The van der Waals surface area contributed by atoms with E-state index in [-0.39, 0.29) is 42.5 Å². The van der Waals surface area contributed by atoms with Crippen LogP contribution in [0.4, 0.5) is 4.79 Å². The predicted octanol–water partition coefficient (Wildman–Crippen LogP) is 5.79. The number of amides is 2. The Labute approximate surface area is 433 Å². The molecule has 6 aliphatic rings. The Morgan fingerprint density at radius 1 is 0.822 bits per heavy atom. The first kappa shape index (κ1) is 58.2. The van der Waals surface area contributed by atoms with Crippen molar-refractivity contribution in [2.45, 2.75) is 167 Å². The number of hydrogen-bond donors (Lipinski definition) is 2. The summed E-state index contributed by atoms with van der Waals surface area (Å²) < 4.78 is 36.0. The third-order valence-electron chi connectivity index (χ3n) is 16.9. The molecular weight excluding hydrogens is 939 g/mol. The molecule has 6 bridgehead atoms. The molecule has 1 unspecified atom stereocenters. The minimum absolute atomic E-state index is 0.00567. The van der Waals surface area contributed by atoms with Gasteiger partial charge >= 0.3 is 12.1 Å². The van der Waals surface area contributed by atoms with Gasteiger partial charge in [0.05, 0.1) is 18.3 Å². The summed E-state index contributed by atoms with van der Waals surface area (Å²) in [5.41, 5.74) is 1.26. The number of ether oxygens (including phenoxy) is 6. The van der Waals surface area contributed by atoms with E-state index in [2.05, 4.69) is 4.90 Å². The molecule has 2 N–H and O–H groups in total. The van der Waals surface area contributed by atoms with Crippen molar-refractivity contribution in [2.24, 2.45) is 41.4 Å². The zero-order valence-electron chi connectivity index (χ0n) is 45.1. The SMILES string of the molecule is CO[C@H]1C[C@@H]2CC[C@@H](C)[C@@](O)(O2)C(=O)C(=O)N2CCCC3[C@H]2C(=O)O[C@@H](CC(=O)[C@H](C)/C=C(\C)[C@@H](O)[C@@H](OC)C(=O)[C@H](C)C[C@H](C)/C=C/C=C/C=C1C)[C@H]3C[C@@H]1CC[C@@H](OC(=O)N2CCN(C)CC2)[C@H](OC)C1. The van der Waals surface area contributed by atoms with Crippen LogP contribution >= 0.6 is 0 Å². The topological polar surface area (TPSA) is 208 Å². The Hall–Kier alpha value is -4.10. The number of piperazine rings is 1. The van der Waals surface area contributed by atoms with Gasteiger partial charge in [0.2, 0.25) is 5.79 Å². The molecule has 5 heterocycles. The standard InChI is InChI=1S/C56H85N3O14/c1-33-15-12-11-13-16-34(2)45(68-8)31-40-20-18-38(6)56(67,73-40)52(63)53(64)59-22-14-17-41-42(29-39-19-21-44(47(30-39)69-9)72-55(66)58-25-23-57(7)24-26-58)46(71-54(65)48(41)59)32-43(60)35(3)28-37(5)50(62)51(70-10)49(61)36(4)27-33/h11-13,15-16,28,33,35-36,38-42,44-48,50-51,62,67H,14,17-27,29-32H2,1-10H3/b13-11+,15-12+,34-16?,37-28+/t33-,35-,36-,38-,39+,40+,41?,42+,44-,45+,46+,47-,48+,50-,51+,56-/m1/s1. The lowest BCUT2D eigenvalue weighted by Crippen LogP contribution is -2.65. The molecule has 1 saturated carbocycles. The van der Waals surface area contributed by atoms with Crippen LogP contribution in [0.1, 0.15) is 112 Å². The molecule has 408 valence electrons. The van der Waals surface area contributed by atoms with Crippen LogP contribution in [0, 0.1) is 41.4 Å². The molecule has 0 aromatic carbocycles. The van der Waals surface area contributed by atoms with E-state index in [1.165, 1.54) is 12.0 Å². The fourth-order valence-electron chi connectivity index (χ4n) is 12.2. The van der Waals surface area contributed by atoms with Crippen LogP contribution in [0.5, 0.6) is 0 Å². The second kappa shape index (κ2) is 26.1. The highest BCUT2D eigenvalue weighted by Gasteiger charge is 2.57. The van der Waals surface area contributed by atoms with Gasteiger partial charge in [0.1, 0.15) is 36.2 Å². The van der Waals surface area contributed by atoms with E-state index in [0.717, 1.165) is 18.7 Å². The van der Waals surface area contributed by atoms with Gasteiger partial charge in [-0.05, 0) is 108 Å². The third kappa shape index (κ3) is 14.0. The summed E-state index contributed by atoms with van der Waals surface area (Å²) in [5.74, 6) is -8.73. The van der Waals surface area contributed by atoms with Crippen molar-refractivity contribution in [3.05, 3.63) is 47.6 Å². The molecule has 2 amide bonds. The number of carbonyl (C=O) groups is 6. The van der Waals surface area contributed by atoms with Gasteiger partial charge in [-0.25, -0.2) is 9.59 Å². The smallest absolute Gasteiger partial charge is 0.410 e. The Kier molecular flexibility index (Phi) is 20.8. The van der Waals surface area contributed by atoms with Crippen molar-refractivity contribution in [3.8, 4) is 0 Å². The Morgan fingerprint density at radius 3 is 2.23 bits per heavy atom. The summed E-state index contributed by atoms with van der Waals surface area (Å²) in [6.07, 6.45) is 10.3. The highest BCUT2D eigenvalue weighted by molar-refractivity contribution is 6.39. The predicted molar refractivity (Wildman–Crippen MR) is 272 cm³/mol. The molecular formula is C56H85N3O14. The number of ketones is 3. The number of aliphatic hydroxyl groups is 2. The van der Waals surface area contributed by atoms with E-state index in [1.54, 1.807) is 46.0 Å². The zero-order valence-corrected chi connectivity index (χ0v) is 45.1. The number of carbonyl (C=O) groups excluding carboxylic acids is 6. The maximum atomic E-state index is 14.6. The Balaban J connectivity index is 1.31. The van der Waals surface area contributed by atoms with Crippen LogP contribution < -0.4 is 0 Å². The number of methoxy groups -OCH3 is 3. The first-order chi connectivity index (χ1) is 34.7. The van der Waals surface area contributed by atoms with Gasteiger partial charge in [-0.1, -0.05) is 64.2 Å². The maximum absolute atomic E-state index is 14.6.